The van der Waals surface area contributed by atoms with E-state index in [2.05, 4.69) is 5.32 Å². The number of ketones is 1. The molecule has 0 heterocycles. The molecule has 0 bridgehead atoms. The summed E-state index contributed by atoms with van der Waals surface area (Å²) in [5, 5.41) is 3.11. The van der Waals surface area contributed by atoms with Crippen LogP contribution in [0.2, 0.25) is 0 Å². The summed E-state index contributed by atoms with van der Waals surface area (Å²) >= 11 is 0. The summed E-state index contributed by atoms with van der Waals surface area (Å²) < 4.78 is 0. The molecular formula is C8H18N2O. The van der Waals surface area contributed by atoms with E-state index in [1.54, 1.807) is 6.92 Å². The summed E-state index contributed by atoms with van der Waals surface area (Å²) in [4.78, 5) is 10.9. The van der Waals surface area contributed by atoms with Gasteiger partial charge in [-0.25, -0.2) is 0 Å². The van der Waals surface area contributed by atoms with Gasteiger partial charge in [-0.05, 0) is 32.9 Å². The third kappa shape index (κ3) is 4.93. The lowest BCUT2D eigenvalue weighted by Gasteiger charge is -2.13. The Labute approximate surface area is 68.3 Å². The predicted molar refractivity (Wildman–Crippen MR) is 46.4 cm³/mol. The molecule has 1 atom stereocenters. The largest absolute Gasteiger partial charge is 0.330 e. The fourth-order valence-corrected chi connectivity index (χ4v) is 1.02. The number of Topliss-reactive ketones (excluding diaryl/α,β-unsaturated/α-hetero) is 1. The Balaban J connectivity index is 3.60. The Morgan fingerprint density at radius 3 is 2.64 bits per heavy atom. The van der Waals surface area contributed by atoms with Gasteiger partial charge in [0, 0.05) is 0 Å². The number of nitrogens with one attached hydrogen (secondary N) is 1. The second-order valence-electron chi connectivity index (χ2n) is 2.65. The molecule has 0 aromatic heterocycles. The van der Waals surface area contributed by atoms with E-state index in [9.17, 15) is 4.79 Å². The van der Waals surface area contributed by atoms with Crippen molar-refractivity contribution in [3.8, 4) is 0 Å². The molecule has 3 nitrogen and oxygen atoms in total. The highest BCUT2D eigenvalue weighted by Crippen LogP contribution is 1.96. The van der Waals surface area contributed by atoms with Crippen molar-refractivity contribution in [2.24, 2.45) is 5.73 Å². The molecule has 3 heteroatoms. The van der Waals surface area contributed by atoms with Crippen LogP contribution < -0.4 is 11.1 Å². The van der Waals surface area contributed by atoms with Crippen LogP contribution >= 0.6 is 0 Å². The minimum atomic E-state index is 0.0172. The van der Waals surface area contributed by atoms with Gasteiger partial charge < -0.3 is 11.1 Å². The second kappa shape index (κ2) is 6.31. The number of nitrogens with two attached hydrogens (primary N) is 1. The molecule has 11 heavy (non-hydrogen) atoms. The van der Waals surface area contributed by atoms with Crippen molar-refractivity contribution in [3.05, 3.63) is 0 Å². The van der Waals surface area contributed by atoms with Crippen molar-refractivity contribution < 1.29 is 4.79 Å². The van der Waals surface area contributed by atoms with Gasteiger partial charge in [0.15, 0.2) is 0 Å². The monoisotopic (exact) mass is 158 g/mol. The molecule has 3 N–H and O–H groups in total. The first-order valence-electron chi connectivity index (χ1n) is 4.16. The molecule has 0 saturated carbocycles. The van der Waals surface area contributed by atoms with Crippen LogP contribution in [0.3, 0.4) is 0 Å². The van der Waals surface area contributed by atoms with E-state index in [4.69, 9.17) is 5.73 Å². The Kier molecular flexibility index (Phi) is 6.07. The van der Waals surface area contributed by atoms with Gasteiger partial charge in [0.2, 0.25) is 0 Å². The number of hydrogen-bond donors (Lipinski definition) is 2. The molecule has 0 spiro atoms. The average Bonchev–Trinajstić information content (AvgIpc) is 1.97. The fourth-order valence-electron chi connectivity index (χ4n) is 1.02. The summed E-state index contributed by atoms with van der Waals surface area (Å²) in [6.45, 7) is 5.12. The van der Waals surface area contributed by atoms with E-state index >= 15 is 0 Å². The molecular weight excluding hydrogens is 140 g/mol. The van der Waals surface area contributed by atoms with E-state index in [-0.39, 0.29) is 11.8 Å². The number of carbonyl (C=O) groups excluding carboxylic acids is 1. The van der Waals surface area contributed by atoms with E-state index in [1.165, 1.54) is 0 Å². The van der Waals surface area contributed by atoms with Gasteiger partial charge in [-0.3, -0.25) is 4.79 Å². The number of hydrogen-bond acceptors (Lipinski definition) is 3. The van der Waals surface area contributed by atoms with Gasteiger partial charge in [-0.15, -0.1) is 0 Å². The Morgan fingerprint density at radius 2 is 2.27 bits per heavy atom. The average molecular weight is 158 g/mol. The molecule has 1 unspecified atom stereocenters. The fraction of sp³-hybridized carbons (Fsp3) is 0.875. The standard InChI is InChI=1S/C8H18N2O/c1-3-10-8(7(2)11)5-4-6-9/h8,10H,3-6,9H2,1-2H3. The zero-order valence-electron chi connectivity index (χ0n) is 7.39. The van der Waals surface area contributed by atoms with Crippen molar-refractivity contribution in [3.63, 3.8) is 0 Å². The minimum absolute atomic E-state index is 0.0172. The smallest absolute Gasteiger partial charge is 0.146 e. The third-order valence-corrected chi connectivity index (χ3v) is 1.64. The zero-order chi connectivity index (χ0) is 8.69. The minimum Gasteiger partial charge on any atom is -0.330 e. The Hall–Kier alpha value is -0.410. The first-order valence-corrected chi connectivity index (χ1v) is 4.16. The van der Waals surface area contributed by atoms with Crippen LogP contribution in [0.5, 0.6) is 0 Å². The number of rotatable bonds is 6. The maximum Gasteiger partial charge on any atom is 0.146 e. The summed E-state index contributed by atoms with van der Waals surface area (Å²) in [7, 11) is 0. The van der Waals surface area contributed by atoms with Gasteiger partial charge in [0.05, 0.1) is 6.04 Å². The summed E-state index contributed by atoms with van der Waals surface area (Å²) in [5.41, 5.74) is 5.33. The highest BCUT2D eigenvalue weighted by Gasteiger charge is 2.10. The molecule has 0 amide bonds. The van der Waals surface area contributed by atoms with Crippen LogP contribution in [0.4, 0.5) is 0 Å². The highest BCUT2D eigenvalue weighted by molar-refractivity contribution is 5.81. The second-order valence-corrected chi connectivity index (χ2v) is 2.65. The maximum absolute atomic E-state index is 10.9. The van der Waals surface area contributed by atoms with Crippen molar-refractivity contribution in [1.82, 2.24) is 5.32 Å². The molecule has 66 valence electrons. The van der Waals surface area contributed by atoms with E-state index in [1.807, 2.05) is 6.92 Å². The lowest BCUT2D eigenvalue weighted by molar-refractivity contribution is -0.119. The normalized spacial score (nSPS) is 13.0. The van der Waals surface area contributed by atoms with Gasteiger partial charge in [-0.2, -0.15) is 0 Å². The SMILES string of the molecule is CCNC(CCCN)C(C)=O. The lowest BCUT2D eigenvalue weighted by atomic mass is 10.1. The molecule has 0 aromatic carbocycles. The number of carbonyl (C=O) groups is 1. The van der Waals surface area contributed by atoms with Crippen LogP contribution in [0, 0.1) is 0 Å². The van der Waals surface area contributed by atoms with Crippen LogP contribution in [0.15, 0.2) is 0 Å². The van der Waals surface area contributed by atoms with E-state index in [0.717, 1.165) is 19.4 Å². The first kappa shape index (κ1) is 10.6. The summed E-state index contributed by atoms with van der Waals surface area (Å²) in [6.07, 6.45) is 1.77. The van der Waals surface area contributed by atoms with Crippen LogP contribution in [0.1, 0.15) is 26.7 Å². The van der Waals surface area contributed by atoms with Crippen LogP contribution in [-0.4, -0.2) is 24.9 Å². The first-order chi connectivity index (χ1) is 5.22. The summed E-state index contributed by atoms with van der Waals surface area (Å²) in [6, 6.07) is 0.0172. The molecule has 0 fully saturated rings. The molecule has 0 aliphatic carbocycles. The number of likely N-dealkylation sites (N-methyl/N-ethyl adjacent to an activating group) is 1. The Morgan fingerprint density at radius 1 is 1.64 bits per heavy atom. The van der Waals surface area contributed by atoms with E-state index in [0.29, 0.717) is 6.54 Å². The molecule has 0 aromatic rings. The highest BCUT2D eigenvalue weighted by atomic mass is 16.1. The lowest BCUT2D eigenvalue weighted by Crippen LogP contribution is -2.35. The maximum atomic E-state index is 10.9. The van der Waals surface area contributed by atoms with Crippen molar-refractivity contribution in [2.45, 2.75) is 32.7 Å². The van der Waals surface area contributed by atoms with Gasteiger partial charge in [0.1, 0.15) is 5.78 Å². The predicted octanol–water partition coefficient (Wildman–Crippen LogP) is 0.292. The Bertz CT molecular complexity index is 115. The van der Waals surface area contributed by atoms with Gasteiger partial charge in [0.25, 0.3) is 0 Å². The summed E-state index contributed by atoms with van der Waals surface area (Å²) in [5.74, 6) is 0.209. The quantitative estimate of drug-likeness (QED) is 0.584. The molecule has 0 radical (unpaired) electrons. The third-order valence-electron chi connectivity index (χ3n) is 1.64. The van der Waals surface area contributed by atoms with E-state index < -0.39 is 0 Å². The zero-order valence-corrected chi connectivity index (χ0v) is 7.39. The van der Waals surface area contributed by atoms with Crippen molar-refractivity contribution in [1.29, 1.82) is 0 Å². The van der Waals surface area contributed by atoms with Gasteiger partial charge >= 0.3 is 0 Å². The van der Waals surface area contributed by atoms with Crippen LogP contribution in [0.25, 0.3) is 0 Å². The molecule has 0 aliphatic heterocycles. The van der Waals surface area contributed by atoms with Gasteiger partial charge in [-0.1, -0.05) is 6.92 Å². The molecule has 0 rings (SSSR count). The van der Waals surface area contributed by atoms with Crippen molar-refractivity contribution >= 4 is 5.78 Å². The topological polar surface area (TPSA) is 55.1 Å². The molecule has 0 aliphatic rings. The van der Waals surface area contributed by atoms with Crippen LogP contribution in [-0.2, 0) is 4.79 Å². The van der Waals surface area contributed by atoms with Crippen molar-refractivity contribution in [2.75, 3.05) is 13.1 Å². The molecule has 0 saturated heterocycles.